The van der Waals surface area contributed by atoms with Gasteiger partial charge in [-0.3, -0.25) is 4.57 Å². The predicted molar refractivity (Wildman–Crippen MR) is 127 cm³/mol. The Labute approximate surface area is 186 Å². The van der Waals surface area contributed by atoms with E-state index in [1.807, 2.05) is 45.9 Å². The first-order valence-electron chi connectivity index (χ1n) is 9.38. The van der Waals surface area contributed by atoms with E-state index in [1.165, 1.54) is 7.11 Å². The average Bonchev–Trinajstić information content (AvgIpc) is 3.13. The van der Waals surface area contributed by atoms with Crippen molar-refractivity contribution in [2.24, 2.45) is 0 Å². The maximum atomic E-state index is 13.5. The Kier molecular flexibility index (Phi) is 8.27. The maximum absolute atomic E-state index is 13.5. The first-order valence-corrected chi connectivity index (χ1v) is 12.2. The van der Waals surface area contributed by atoms with Crippen molar-refractivity contribution in [3.05, 3.63) is 69.6 Å². The van der Waals surface area contributed by atoms with Gasteiger partial charge in [0.05, 0.1) is 11.0 Å². The number of thiophene rings is 1. The molecule has 0 saturated carbocycles. The molecule has 2 aromatic carbocycles. The van der Waals surface area contributed by atoms with Crippen molar-refractivity contribution in [3.63, 3.8) is 0 Å². The van der Waals surface area contributed by atoms with E-state index >= 15 is 0 Å². The Morgan fingerprint density at radius 1 is 1.13 bits per heavy atom. The molecule has 8 heteroatoms. The van der Waals surface area contributed by atoms with Crippen molar-refractivity contribution < 1.29 is 19.0 Å². The molecule has 1 heterocycles. The average molecular weight is 466 g/mol. The first kappa shape index (κ1) is 24.2. The highest BCUT2D eigenvalue weighted by molar-refractivity contribution is 7.68. The zero-order valence-corrected chi connectivity index (χ0v) is 20.0. The quantitative estimate of drug-likeness (QED) is 0.384. The van der Waals surface area contributed by atoms with Crippen molar-refractivity contribution in [3.8, 4) is 10.4 Å². The summed E-state index contributed by atoms with van der Waals surface area (Å²) in [6.07, 6.45) is 0. The largest absolute Gasteiger partial charge is 0.477 e. The fourth-order valence-corrected chi connectivity index (χ4v) is 5.83. The molecule has 3 aromatic rings. The summed E-state index contributed by atoms with van der Waals surface area (Å²) in [4.78, 5) is 12.5. The second kappa shape index (κ2) is 10.3. The number of anilines is 1. The van der Waals surface area contributed by atoms with E-state index in [-0.39, 0.29) is 10.6 Å². The summed E-state index contributed by atoms with van der Waals surface area (Å²) in [5, 5.41) is 13.5. The van der Waals surface area contributed by atoms with Gasteiger partial charge in [-0.1, -0.05) is 55.3 Å². The molecule has 30 heavy (non-hydrogen) atoms. The Bertz CT molecular complexity index is 1100. The summed E-state index contributed by atoms with van der Waals surface area (Å²) in [6.45, 7) is 7.79. The van der Waals surface area contributed by atoms with Crippen LogP contribution >= 0.6 is 30.5 Å². The molecular formula is C22H25ClNO4PS. The fourth-order valence-electron chi connectivity index (χ4n) is 2.92. The van der Waals surface area contributed by atoms with Gasteiger partial charge in [-0.2, -0.15) is 0 Å². The van der Waals surface area contributed by atoms with Gasteiger partial charge in [0.2, 0.25) is 0 Å². The van der Waals surface area contributed by atoms with E-state index in [9.17, 15) is 14.5 Å². The number of rotatable bonds is 6. The molecule has 5 nitrogen and oxygen atoms in total. The van der Waals surface area contributed by atoms with Gasteiger partial charge in [-0.25, -0.2) is 4.79 Å². The van der Waals surface area contributed by atoms with E-state index in [2.05, 4.69) is 5.09 Å². The lowest BCUT2D eigenvalue weighted by atomic mass is 10.2. The smallest absolute Gasteiger partial charge is 0.348 e. The minimum Gasteiger partial charge on any atom is -0.477 e. The molecular weight excluding hydrogens is 441 g/mol. The number of hydrogen-bond acceptors (Lipinski definition) is 4. The third kappa shape index (κ3) is 5.32. The normalized spacial score (nSPS) is 12.5. The van der Waals surface area contributed by atoms with Crippen molar-refractivity contribution >= 4 is 47.4 Å². The lowest BCUT2D eigenvalue weighted by molar-refractivity contribution is 0.0703. The molecule has 0 radical (unpaired) electrons. The van der Waals surface area contributed by atoms with E-state index in [0.29, 0.717) is 15.2 Å². The molecule has 0 aliphatic carbocycles. The van der Waals surface area contributed by atoms with Crippen LogP contribution in [0.2, 0.25) is 5.02 Å². The van der Waals surface area contributed by atoms with E-state index in [0.717, 1.165) is 28.0 Å². The van der Waals surface area contributed by atoms with Crippen LogP contribution in [0.4, 0.5) is 5.69 Å². The number of aromatic carboxylic acids is 1. The van der Waals surface area contributed by atoms with Crippen molar-refractivity contribution in [1.29, 1.82) is 0 Å². The third-order valence-corrected chi connectivity index (χ3v) is 7.82. The lowest BCUT2D eigenvalue weighted by Gasteiger charge is -2.20. The van der Waals surface area contributed by atoms with Crippen LogP contribution in [0.3, 0.4) is 0 Å². The van der Waals surface area contributed by atoms with Gasteiger partial charge in [-0.05, 0) is 49.2 Å². The number of halogens is 1. The topological polar surface area (TPSA) is 75.6 Å². The molecule has 1 unspecified atom stereocenters. The predicted octanol–water partition coefficient (Wildman–Crippen LogP) is 6.99. The fraction of sp³-hybridized carbons (Fsp3) is 0.227. The van der Waals surface area contributed by atoms with Crippen molar-refractivity contribution in [2.75, 3.05) is 12.2 Å². The second-order valence-corrected chi connectivity index (χ2v) is 9.97. The van der Waals surface area contributed by atoms with Gasteiger partial charge in [0.25, 0.3) is 0 Å². The van der Waals surface area contributed by atoms with Crippen molar-refractivity contribution in [1.82, 2.24) is 0 Å². The summed E-state index contributed by atoms with van der Waals surface area (Å²) in [5.74, 6) is -1.11. The number of carboxylic acid groups (broad SMARTS) is 1. The highest BCUT2D eigenvalue weighted by atomic mass is 35.5. The Morgan fingerprint density at radius 3 is 2.40 bits per heavy atom. The summed E-state index contributed by atoms with van der Waals surface area (Å²) in [7, 11) is -2.17. The van der Waals surface area contributed by atoms with Crippen LogP contribution in [0.15, 0.2) is 48.5 Å². The number of aryl methyl sites for hydroxylation is 2. The zero-order chi connectivity index (χ0) is 22.5. The first-order chi connectivity index (χ1) is 14.2. The highest BCUT2D eigenvalue weighted by Gasteiger charge is 2.30. The van der Waals surface area contributed by atoms with Gasteiger partial charge >= 0.3 is 13.5 Å². The monoisotopic (exact) mass is 465 g/mol. The molecule has 0 saturated heterocycles. The Morgan fingerprint density at radius 2 is 1.83 bits per heavy atom. The molecule has 1 aromatic heterocycles. The van der Waals surface area contributed by atoms with Gasteiger partial charge < -0.3 is 14.7 Å². The van der Waals surface area contributed by atoms with Crippen LogP contribution in [-0.4, -0.2) is 18.2 Å². The Hall–Kier alpha value is -2.11. The number of benzene rings is 2. The van der Waals surface area contributed by atoms with E-state index in [1.54, 1.807) is 30.3 Å². The van der Waals surface area contributed by atoms with Gasteiger partial charge in [-0.15, -0.1) is 11.3 Å². The second-order valence-electron chi connectivity index (χ2n) is 6.30. The third-order valence-electron chi connectivity index (χ3n) is 4.23. The van der Waals surface area contributed by atoms with Crippen LogP contribution in [-0.2, 0) is 9.09 Å². The van der Waals surface area contributed by atoms with Crippen LogP contribution in [0.25, 0.3) is 10.4 Å². The van der Waals surface area contributed by atoms with E-state index in [4.69, 9.17) is 16.1 Å². The van der Waals surface area contributed by atoms with Gasteiger partial charge in [0.1, 0.15) is 4.88 Å². The minimum atomic E-state index is -3.52. The van der Waals surface area contributed by atoms with E-state index < -0.39 is 13.5 Å². The number of nitrogens with one attached hydrogen (secondary N) is 1. The Balaban J connectivity index is 0.00000155. The van der Waals surface area contributed by atoms with Crippen LogP contribution < -0.4 is 10.4 Å². The maximum Gasteiger partial charge on any atom is 0.348 e. The molecule has 0 aliphatic rings. The summed E-state index contributed by atoms with van der Waals surface area (Å²) in [6, 6.07) is 14.3. The molecule has 0 spiro atoms. The van der Waals surface area contributed by atoms with Crippen LogP contribution in [0.5, 0.6) is 0 Å². The standard InChI is InChI=1S/C20H19ClNO4PS.C2H6/c1-12-7-8-17(13(2)9-12)27(25,26-3)22-16-11-18(28-19(16)20(23)24)14-5-4-6-15(21)10-14;1-2/h4-11H,1-3H3,(H,22,25)(H,23,24);1-2H3. The lowest BCUT2D eigenvalue weighted by Crippen LogP contribution is -2.17. The number of carbonyl (C=O) groups is 1. The molecule has 1 atom stereocenters. The summed E-state index contributed by atoms with van der Waals surface area (Å²) < 4.78 is 18.9. The molecule has 3 rings (SSSR count). The van der Waals surface area contributed by atoms with Crippen molar-refractivity contribution in [2.45, 2.75) is 27.7 Å². The molecule has 0 aliphatic heterocycles. The highest BCUT2D eigenvalue weighted by Crippen LogP contribution is 2.48. The van der Waals surface area contributed by atoms with Gasteiger partial charge in [0, 0.05) is 17.0 Å². The SMILES string of the molecule is CC.COP(=O)(Nc1cc(-c2cccc(Cl)c2)sc1C(=O)O)c1ccc(C)cc1C. The molecule has 0 fully saturated rings. The molecule has 0 amide bonds. The number of hydrogen-bond donors (Lipinski definition) is 2. The minimum absolute atomic E-state index is 0.0528. The van der Waals surface area contributed by atoms with Gasteiger partial charge in [0.15, 0.2) is 0 Å². The van der Waals surface area contributed by atoms with Crippen LogP contribution in [0, 0.1) is 13.8 Å². The molecule has 0 bridgehead atoms. The molecule has 160 valence electrons. The summed E-state index contributed by atoms with van der Waals surface area (Å²) in [5.41, 5.74) is 2.87. The van der Waals surface area contributed by atoms with Crippen LogP contribution in [0.1, 0.15) is 34.6 Å². The zero-order valence-electron chi connectivity index (χ0n) is 17.5. The summed E-state index contributed by atoms with van der Waals surface area (Å²) >= 11 is 7.14. The number of carboxylic acids is 1. The molecule has 2 N–H and O–H groups in total.